The second kappa shape index (κ2) is 16.8. The van der Waals surface area contributed by atoms with E-state index in [4.69, 9.17) is 33.2 Å². The lowest BCUT2D eigenvalue weighted by atomic mass is 9.71. The lowest BCUT2D eigenvalue weighted by molar-refractivity contribution is -0.342. The third kappa shape index (κ3) is 8.17. The number of ether oxygens (including phenoxy) is 7. The summed E-state index contributed by atoms with van der Waals surface area (Å²) in [7, 11) is 1.59. The van der Waals surface area contributed by atoms with Gasteiger partial charge in [0.1, 0.15) is 35.5 Å². The number of aliphatic hydroxyl groups excluding tert-OH is 1. The predicted octanol–water partition coefficient (Wildman–Crippen LogP) is 6.07. The molecule has 1 saturated carbocycles. The molecule has 5 heterocycles. The topological polar surface area (TPSA) is 155 Å². The Morgan fingerprint density at radius 2 is 1.80 bits per heavy atom. The van der Waals surface area contributed by atoms with Gasteiger partial charge in [0, 0.05) is 38.7 Å². The molecule has 14 atom stereocenters. The maximum absolute atomic E-state index is 14.4. The largest absolute Gasteiger partial charge is 0.462 e. The van der Waals surface area contributed by atoms with Crippen molar-refractivity contribution in [3.05, 3.63) is 47.1 Å². The number of carbonyl (C=O) groups excluding carboxylic acids is 1. The lowest BCUT2D eigenvalue weighted by Gasteiger charge is -2.51. The number of carbonyl (C=O) groups is 1. The minimum absolute atomic E-state index is 0.0359. The van der Waals surface area contributed by atoms with Gasteiger partial charge < -0.3 is 48.6 Å². The van der Waals surface area contributed by atoms with E-state index in [0.29, 0.717) is 55.1 Å². The van der Waals surface area contributed by atoms with Crippen LogP contribution in [0.2, 0.25) is 0 Å². The van der Waals surface area contributed by atoms with E-state index in [2.05, 4.69) is 32.0 Å². The molecule has 7 rings (SSSR count). The van der Waals surface area contributed by atoms with Crippen molar-refractivity contribution in [3.8, 4) is 0 Å². The summed E-state index contributed by atoms with van der Waals surface area (Å²) < 4.78 is 45.1. The van der Waals surface area contributed by atoms with Crippen LogP contribution < -0.4 is 0 Å². The molecule has 5 fully saturated rings. The molecule has 55 heavy (non-hydrogen) atoms. The third-order valence-electron chi connectivity index (χ3n) is 13.6. The number of allylic oxidation sites excluding steroid dienone is 2. The van der Waals surface area contributed by atoms with Crippen molar-refractivity contribution in [3.63, 3.8) is 0 Å². The number of oxime groups is 1. The van der Waals surface area contributed by atoms with Crippen LogP contribution in [-0.2, 0) is 38.0 Å². The van der Waals surface area contributed by atoms with Gasteiger partial charge in [-0.2, -0.15) is 0 Å². The van der Waals surface area contributed by atoms with Crippen LogP contribution in [0.3, 0.4) is 0 Å². The van der Waals surface area contributed by atoms with Crippen LogP contribution in [0.4, 0.5) is 0 Å². The van der Waals surface area contributed by atoms with E-state index in [-0.39, 0.29) is 30.4 Å². The molecule has 0 amide bonds. The molecule has 5 aliphatic heterocycles. The van der Waals surface area contributed by atoms with E-state index in [1.165, 1.54) is 19.3 Å². The molecule has 12 heteroatoms. The number of hydrogen-bond acceptors (Lipinski definition) is 12. The molecular weight excluding hydrogens is 706 g/mol. The second-order valence-corrected chi connectivity index (χ2v) is 17.4. The summed E-state index contributed by atoms with van der Waals surface area (Å²) in [5.41, 5.74) is 0.362. The van der Waals surface area contributed by atoms with Crippen molar-refractivity contribution in [1.82, 2.24) is 0 Å². The number of methoxy groups -OCH3 is 1. The zero-order valence-corrected chi connectivity index (χ0v) is 33.4. The Hall–Kier alpha value is -2.42. The Kier molecular flexibility index (Phi) is 12.5. The highest BCUT2D eigenvalue weighted by atomic mass is 16.7. The Bertz CT molecular complexity index is 1550. The standard InChI is InChI=1S/C43H63NO11/c1-24-11-10-14-30-23-50-40-36(44-48)27(4)19-33(43(30,40)47)41(46)52-32-20-31(16-15-25(2)38(24)53-35-21-34(49-6)37(45)28(5)51-35)54-42(22-32)18-17-26(3)39(55-42)29-12-8-7-9-13-29/h10-11,14-15,19,24,26,28-29,31-35,37-40,45,47-48H,7-9,12-13,16-18,20-23H2,1-6H3/b11-10+,25-15+,30-14-,44-36-/t24-,26-,28-,31+,32-,33-,34-,35-,37-,38-,39-,40+,42+,43+/m0/s1. The van der Waals surface area contributed by atoms with E-state index < -0.39 is 66.2 Å². The van der Waals surface area contributed by atoms with Gasteiger partial charge in [0.15, 0.2) is 12.1 Å². The van der Waals surface area contributed by atoms with Crippen molar-refractivity contribution in [1.29, 1.82) is 0 Å². The Morgan fingerprint density at radius 3 is 2.55 bits per heavy atom. The quantitative estimate of drug-likeness (QED) is 0.132. The van der Waals surface area contributed by atoms with Crippen LogP contribution in [0.25, 0.3) is 0 Å². The molecule has 0 radical (unpaired) electrons. The fourth-order valence-corrected chi connectivity index (χ4v) is 10.4. The van der Waals surface area contributed by atoms with Gasteiger partial charge in [-0.1, -0.05) is 68.6 Å². The van der Waals surface area contributed by atoms with Crippen LogP contribution in [0.1, 0.15) is 105 Å². The number of fused-ring (bicyclic) bond motifs is 2. The second-order valence-electron chi connectivity index (χ2n) is 17.4. The minimum Gasteiger partial charge on any atom is -0.462 e. The van der Waals surface area contributed by atoms with Gasteiger partial charge in [0.25, 0.3) is 0 Å². The maximum atomic E-state index is 14.4. The first-order chi connectivity index (χ1) is 26.4. The summed E-state index contributed by atoms with van der Waals surface area (Å²) in [6.07, 6.45) is 14.4. The highest BCUT2D eigenvalue weighted by Gasteiger charge is 2.60. The van der Waals surface area contributed by atoms with Crippen LogP contribution >= 0.6 is 0 Å². The highest BCUT2D eigenvalue weighted by molar-refractivity contribution is 6.06. The zero-order chi connectivity index (χ0) is 39.1. The summed E-state index contributed by atoms with van der Waals surface area (Å²) in [5, 5.41) is 36.7. The van der Waals surface area contributed by atoms with Crippen LogP contribution in [0.5, 0.6) is 0 Å². The van der Waals surface area contributed by atoms with Crippen molar-refractivity contribution in [2.24, 2.45) is 28.8 Å². The van der Waals surface area contributed by atoms with Crippen molar-refractivity contribution < 1.29 is 53.4 Å². The summed E-state index contributed by atoms with van der Waals surface area (Å²) in [5.74, 6) is -1.83. The number of esters is 1. The van der Waals surface area contributed by atoms with E-state index in [1.54, 1.807) is 26.2 Å². The monoisotopic (exact) mass is 769 g/mol. The van der Waals surface area contributed by atoms with Crippen molar-refractivity contribution >= 4 is 11.7 Å². The predicted molar refractivity (Wildman–Crippen MR) is 203 cm³/mol. The molecule has 2 aliphatic carbocycles. The first-order valence-electron chi connectivity index (χ1n) is 20.7. The van der Waals surface area contributed by atoms with E-state index in [9.17, 15) is 20.2 Å². The average molecular weight is 770 g/mol. The minimum atomic E-state index is -1.83. The van der Waals surface area contributed by atoms with E-state index in [1.807, 2.05) is 19.1 Å². The molecule has 12 nitrogen and oxygen atoms in total. The molecule has 0 aromatic heterocycles. The smallest absolute Gasteiger partial charge is 0.316 e. The molecule has 3 N–H and O–H groups in total. The van der Waals surface area contributed by atoms with Gasteiger partial charge in [-0.25, -0.2) is 0 Å². The Morgan fingerprint density at radius 1 is 1.02 bits per heavy atom. The zero-order valence-electron chi connectivity index (χ0n) is 33.4. The van der Waals surface area contributed by atoms with Gasteiger partial charge in [0.2, 0.25) is 0 Å². The van der Waals surface area contributed by atoms with Crippen LogP contribution in [0.15, 0.2) is 52.3 Å². The SMILES string of the molecule is CO[C@H]1C[C@H](O[C@@H]2/C(C)=C/C[C@@H]3C[C@@H](C[C@]4(CC[C@H](C)[C@@H](C5CCCCC5)O4)O3)OC(=O)[C@@H]3C=C(C)/C(=N/O)[C@H]4OC/C(=C/C=C/[C@@H]2C)[C@]43O)O[C@@H](C)[C@@H]1O. The molecule has 4 saturated heterocycles. The maximum Gasteiger partial charge on any atom is 0.316 e. The van der Waals surface area contributed by atoms with Crippen molar-refractivity contribution in [2.75, 3.05) is 13.7 Å². The molecule has 0 aromatic carbocycles. The van der Waals surface area contributed by atoms with Crippen LogP contribution in [-0.4, -0.2) is 107 Å². The Balaban J connectivity index is 1.25. The normalized spacial score (nSPS) is 47.9. The van der Waals surface area contributed by atoms with E-state index in [0.717, 1.165) is 24.8 Å². The van der Waals surface area contributed by atoms with E-state index >= 15 is 0 Å². The van der Waals surface area contributed by atoms with Gasteiger partial charge in [-0.15, -0.1) is 0 Å². The van der Waals surface area contributed by atoms with Crippen molar-refractivity contribution in [2.45, 2.75) is 172 Å². The number of aliphatic hydroxyl groups is 2. The summed E-state index contributed by atoms with van der Waals surface area (Å²) >= 11 is 0. The average Bonchev–Trinajstić information content (AvgIpc) is 3.50. The first-order valence-corrected chi connectivity index (χ1v) is 20.7. The molecule has 306 valence electrons. The van der Waals surface area contributed by atoms with Crippen LogP contribution in [0, 0.1) is 23.7 Å². The van der Waals surface area contributed by atoms with Gasteiger partial charge in [-0.3, -0.25) is 4.79 Å². The third-order valence-corrected chi connectivity index (χ3v) is 13.6. The van der Waals surface area contributed by atoms with Gasteiger partial charge in [0.05, 0.1) is 37.1 Å². The fraction of sp³-hybridized carbons (Fsp3) is 0.767. The van der Waals surface area contributed by atoms with Gasteiger partial charge in [-0.05, 0) is 75.0 Å². The number of rotatable bonds is 4. The molecule has 0 unspecified atom stereocenters. The molecule has 7 aliphatic rings. The summed E-state index contributed by atoms with van der Waals surface area (Å²) in [4.78, 5) is 14.4. The number of hydrogen-bond donors (Lipinski definition) is 3. The summed E-state index contributed by atoms with van der Waals surface area (Å²) in [6.45, 7) is 10.0. The molecule has 0 aromatic rings. The summed E-state index contributed by atoms with van der Waals surface area (Å²) in [6, 6.07) is 0. The molecule has 2 bridgehead atoms. The first kappa shape index (κ1) is 40.8. The molecular formula is C43H63NO11. The Labute approximate surface area is 325 Å². The number of nitrogens with zero attached hydrogens (tertiary/aromatic N) is 1. The lowest BCUT2D eigenvalue weighted by Crippen LogP contribution is -2.57. The molecule has 1 spiro atoms. The van der Waals surface area contributed by atoms with Gasteiger partial charge >= 0.3 is 5.97 Å². The fourth-order valence-electron chi connectivity index (χ4n) is 10.4. The highest BCUT2D eigenvalue weighted by Crippen LogP contribution is 2.48.